The summed E-state index contributed by atoms with van der Waals surface area (Å²) in [6.45, 7) is -1.77. The van der Waals surface area contributed by atoms with Crippen molar-refractivity contribution >= 4 is 39.2 Å². The van der Waals surface area contributed by atoms with Crippen LogP contribution in [0.3, 0.4) is 0 Å². The Kier molecular flexibility index (Phi) is 5.41. The van der Waals surface area contributed by atoms with E-state index in [-0.39, 0.29) is 4.88 Å². The number of amides is 1. The van der Waals surface area contributed by atoms with E-state index < -0.39 is 45.9 Å². The average Bonchev–Trinajstić information content (AvgIpc) is 2.85. The van der Waals surface area contributed by atoms with Crippen LogP contribution in [0.2, 0.25) is 0 Å². The van der Waals surface area contributed by atoms with E-state index in [2.05, 4.69) is 4.74 Å². The maximum Gasteiger partial charge on any atom is 0.349 e. The van der Waals surface area contributed by atoms with E-state index in [0.29, 0.717) is 4.31 Å². The number of sulfonamides is 1. The Morgan fingerprint density at radius 1 is 1.38 bits per heavy atom. The number of rotatable bonds is 7. The lowest BCUT2D eigenvalue weighted by Crippen LogP contribution is -2.41. The van der Waals surface area contributed by atoms with Crippen LogP contribution >= 0.6 is 11.3 Å². The first kappa shape index (κ1) is 17.1. The Balaban J connectivity index is 3.29. The van der Waals surface area contributed by atoms with Gasteiger partial charge in [-0.25, -0.2) is 13.2 Å². The second-order valence-corrected chi connectivity index (χ2v) is 6.56. The summed E-state index contributed by atoms with van der Waals surface area (Å²) in [5.41, 5.74) is 4.92. The van der Waals surface area contributed by atoms with Gasteiger partial charge in [-0.3, -0.25) is 9.59 Å². The van der Waals surface area contributed by atoms with E-state index in [0.717, 1.165) is 24.5 Å². The zero-order valence-corrected chi connectivity index (χ0v) is 12.4. The van der Waals surface area contributed by atoms with Crippen LogP contribution in [0.15, 0.2) is 16.3 Å². The summed E-state index contributed by atoms with van der Waals surface area (Å²) in [4.78, 5) is 32.5. The molecule has 1 aromatic heterocycles. The molecule has 0 saturated heterocycles. The number of esters is 1. The standard InChI is InChI=1S/C10H12N2O7S2/c1-19-10(16)9-6(2-3-20-9)21(17,18)12(4-7(11)13)5-8(14)15/h2-3H,4-5H2,1H3,(H2,11,13)(H,14,15). The highest BCUT2D eigenvalue weighted by Gasteiger charge is 2.32. The lowest BCUT2D eigenvalue weighted by molar-refractivity contribution is -0.137. The van der Waals surface area contributed by atoms with Crippen LogP contribution in [0.25, 0.3) is 0 Å². The van der Waals surface area contributed by atoms with Gasteiger partial charge in [-0.15, -0.1) is 11.3 Å². The zero-order chi connectivity index (χ0) is 16.2. The third kappa shape index (κ3) is 4.00. The number of carbonyl (C=O) groups is 3. The molecule has 1 aromatic rings. The van der Waals surface area contributed by atoms with E-state index in [4.69, 9.17) is 10.8 Å². The van der Waals surface area contributed by atoms with Gasteiger partial charge < -0.3 is 15.6 Å². The van der Waals surface area contributed by atoms with Crippen molar-refractivity contribution in [2.45, 2.75) is 4.90 Å². The average molecular weight is 336 g/mol. The van der Waals surface area contributed by atoms with Crippen molar-refractivity contribution in [1.82, 2.24) is 4.31 Å². The second-order valence-electron chi connectivity index (χ2n) is 3.74. The molecule has 0 aliphatic rings. The van der Waals surface area contributed by atoms with Crippen LogP contribution in [-0.4, -0.2) is 55.9 Å². The van der Waals surface area contributed by atoms with E-state index in [1.807, 2.05) is 0 Å². The number of carboxylic acid groups (broad SMARTS) is 1. The molecule has 21 heavy (non-hydrogen) atoms. The Morgan fingerprint density at radius 3 is 2.48 bits per heavy atom. The highest BCUT2D eigenvalue weighted by molar-refractivity contribution is 7.89. The molecule has 0 radical (unpaired) electrons. The number of nitrogens with two attached hydrogens (primary N) is 1. The maximum atomic E-state index is 12.4. The monoisotopic (exact) mass is 336 g/mol. The fraction of sp³-hybridized carbons (Fsp3) is 0.300. The third-order valence-electron chi connectivity index (χ3n) is 2.26. The largest absolute Gasteiger partial charge is 0.480 e. The van der Waals surface area contributed by atoms with Crippen molar-refractivity contribution in [2.75, 3.05) is 20.2 Å². The van der Waals surface area contributed by atoms with Gasteiger partial charge in [-0.2, -0.15) is 4.31 Å². The lowest BCUT2D eigenvalue weighted by Gasteiger charge is -2.18. The molecule has 3 N–H and O–H groups in total. The number of primary amides is 1. The highest BCUT2D eigenvalue weighted by atomic mass is 32.2. The molecule has 0 fully saturated rings. The first-order chi connectivity index (χ1) is 9.70. The summed E-state index contributed by atoms with van der Waals surface area (Å²) in [6, 6.07) is 1.13. The van der Waals surface area contributed by atoms with Gasteiger partial charge in [-0.05, 0) is 11.4 Å². The molecule has 9 nitrogen and oxygen atoms in total. The molecule has 0 aliphatic heterocycles. The van der Waals surface area contributed by atoms with Crippen LogP contribution in [0.4, 0.5) is 0 Å². The summed E-state index contributed by atoms with van der Waals surface area (Å²) in [6.07, 6.45) is 0. The predicted molar refractivity (Wildman–Crippen MR) is 71.2 cm³/mol. The topological polar surface area (TPSA) is 144 Å². The molecule has 0 aliphatic carbocycles. The lowest BCUT2D eigenvalue weighted by atomic mass is 10.5. The van der Waals surface area contributed by atoms with Gasteiger partial charge in [0.25, 0.3) is 0 Å². The van der Waals surface area contributed by atoms with Gasteiger partial charge in [0, 0.05) is 0 Å². The van der Waals surface area contributed by atoms with Gasteiger partial charge >= 0.3 is 11.9 Å². The third-order valence-corrected chi connectivity index (χ3v) is 5.12. The van der Waals surface area contributed by atoms with E-state index >= 15 is 0 Å². The van der Waals surface area contributed by atoms with Crippen molar-refractivity contribution in [3.63, 3.8) is 0 Å². The Labute approximate surface area is 124 Å². The number of thiophene rings is 1. The number of aliphatic carboxylic acids is 1. The summed E-state index contributed by atoms with van der Waals surface area (Å²) in [7, 11) is -3.29. The van der Waals surface area contributed by atoms with Crippen molar-refractivity contribution in [3.8, 4) is 0 Å². The number of nitrogens with zero attached hydrogens (tertiary/aromatic N) is 1. The summed E-state index contributed by atoms with van der Waals surface area (Å²) < 4.78 is 29.6. The molecule has 11 heteroatoms. The van der Waals surface area contributed by atoms with Crippen molar-refractivity contribution in [1.29, 1.82) is 0 Å². The molecule has 0 unspecified atom stereocenters. The molecule has 1 heterocycles. The Hall–Kier alpha value is -1.98. The molecule has 0 bridgehead atoms. The molecule has 116 valence electrons. The van der Waals surface area contributed by atoms with Crippen LogP contribution in [-0.2, 0) is 24.3 Å². The molecule has 0 atom stereocenters. The van der Waals surface area contributed by atoms with Gasteiger partial charge in [0.15, 0.2) is 0 Å². The minimum atomic E-state index is -4.37. The SMILES string of the molecule is COC(=O)c1sccc1S(=O)(=O)N(CC(N)=O)CC(=O)O. The number of carbonyl (C=O) groups excluding carboxylic acids is 2. The molecule has 1 amide bonds. The quantitative estimate of drug-likeness (QED) is 0.614. The van der Waals surface area contributed by atoms with Gasteiger partial charge in [0.1, 0.15) is 16.3 Å². The summed E-state index contributed by atoms with van der Waals surface area (Å²) >= 11 is 0.820. The number of hydrogen-bond donors (Lipinski definition) is 2. The minimum absolute atomic E-state index is 0.211. The molecule has 0 spiro atoms. The number of carboxylic acids is 1. The van der Waals surface area contributed by atoms with Crippen LogP contribution < -0.4 is 5.73 Å². The van der Waals surface area contributed by atoms with E-state index in [1.54, 1.807) is 0 Å². The molecule has 1 rings (SSSR count). The number of hydrogen-bond acceptors (Lipinski definition) is 7. The predicted octanol–water partition coefficient (Wildman–Crippen LogP) is -0.905. The maximum absolute atomic E-state index is 12.4. The van der Waals surface area contributed by atoms with Crippen molar-refractivity contribution in [3.05, 3.63) is 16.3 Å². The zero-order valence-electron chi connectivity index (χ0n) is 10.8. The van der Waals surface area contributed by atoms with Crippen LogP contribution in [0.1, 0.15) is 9.67 Å². The highest BCUT2D eigenvalue weighted by Crippen LogP contribution is 2.25. The molecular weight excluding hydrogens is 324 g/mol. The molecule has 0 aromatic carbocycles. The minimum Gasteiger partial charge on any atom is -0.480 e. The van der Waals surface area contributed by atoms with Crippen molar-refractivity contribution in [2.24, 2.45) is 5.73 Å². The fourth-order valence-corrected chi connectivity index (χ4v) is 4.10. The normalized spacial score (nSPS) is 11.3. The second kappa shape index (κ2) is 6.65. The van der Waals surface area contributed by atoms with E-state index in [1.165, 1.54) is 5.38 Å². The van der Waals surface area contributed by atoms with E-state index in [9.17, 15) is 22.8 Å². The Bertz CT molecular complexity index is 649. The van der Waals surface area contributed by atoms with Crippen LogP contribution in [0.5, 0.6) is 0 Å². The molecule has 0 saturated carbocycles. The first-order valence-corrected chi connectivity index (χ1v) is 7.68. The summed E-state index contributed by atoms with van der Waals surface area (Å²) in [5.74, 6) is -3.36. The fourth-order valence-electron chi connectivity index (χ4n) is 1.43. The smallest absolute Gasteiger partial charge is 0.349 e. The van der Waals surface area contributed by atoms with Gasteiger partial charge in [-0.1, -0.05) is 0 Å². The molecular formula is C10H12N2O7S2. The van der Waals surface area contributed by atoms with Crippen molar-refractivity contribution < 1.29 is 32.6 Å². The number of ether oxygens (including phenoxy) is 1. The van der Waals surface area contributed by atoms with Gasteiger partial charge in [0.05, 0.1) is 13.7 Å². The van der Waals surface area contributed by atoms with Gasteiger partial charge in [0.2, 0.25) is 15.9 Å². The van der Waals surface area contributed by atoms with Crippen LogP contribution in [0, 0.1) is 0 Å². The summed E-state index contributed by atoms with van der Waals surface area (Å²) in [5, 5.41) is 10.1. The Morgan fingerprint density at radius 2 is 2.00 bits per heavy atom. The first-order valence-electron chi connectivity index (χ1n) is 5.36. The number of methoxy groups -OCH3 is 1.